The number of aldehydes is 1. The standard InChI is InChI=1S/C24H35N5O6.CH3Cl/c1-4-5-12-35-21(32)14-24(34)8-10-28(11-9-24)18-13-19-22(26-15-18)29(23(33)27(19)3)17(16-30)6-7-20(31)25-2;1-2/h13,15-17,34H,4-12,14H2,1-3H3,(H,25,31);1H3. The molecule has 11 nitrogen and oxygen atoms in total. The number of pyridine rings is 1. The minimum atomic E-state index is -1.10. The average molecular weight is 540 g/mol. The number of ether oxygens (including phenoxy) is 1. The van der Waals surface area contributed by atoms with Crippen LogP contribution in [0.1, 0.15) is 57.9 Å². The second kappa shape index (κ2) is 14.1. The number of hydrogen-bond donors (Lipinski definition) is 2. The molecule has 0 spiro atoms. The van der Waals surface area contributed by atoms with E-state index in [0.717, 1.165) is 18.5 Å². The number of alkyl halides is 1. The van der Waals surface area contributed by atoms with Crippen molar-refractivity contribution in [1.82, 2.24) is 19.4 Å². The summed E-state index contributed by atoms with van der Waals surface area (Å²) in [7, 11) is 3.14. The van der Waals surface area contributed by atoms with Gasteiger partial charge in [0.05, 0.1) is 42.1 Å². The number of unbranched alkanes of at least 4 members (excludes halogenated alkanes) is 1. The number of amides is 1. The minimum Gasteiger partial charge on any atom is -0.466 e. The lowest BCUT2D eigenvalue weighted by molar-refractivity contribution is -0.150. The third-order valence-corrected chi connectivity index (χ3v) is 6.64. The summed E-state index contributed by atoms with van der Waals surface area (Å²) in [6.45, 7) is 3.43. The van der Waals surface area contributed by atoms with Gasteiger partial charge in [-0.05, 0) is 31.7 Å². The zero-order chi connectivity index (χ0) is 27.6. The molecule has 3 heterocycles. The number of imidazole rings is 1. The SMILES string of the molecule is CCCCOC(=O)CC1(O)CCN(c2cnc3c(c2)n(C)c(=O)n3C(C=O)CCC(=O)NC)CC1.CCl. The van der Waals surface area contributed by atoms with Crippen molar-refractivity contribution < 1.29 is 24.2 Å². The Morgan fingerprint density at radius 2 is 2.00 bits per heavy atom. The summed E-state index contributed by atoms with van der Waals surface area (Å²) in [6, 6.07) is 1.04. The molecule has 1 unspecified atom stereocenters. The lowest BCUT2D eigenvalue weighted by Gasteiger charge is -2.38. The fraction of sp³-hybridized carbons (Fsp3) is 0.640. The molecule has 2 N–H and O–H groups in total. The van der Waals surface area contributed by atoms with Crippen molar-refractivity contribution in [1.29, 1.82) is 0 Å². The Bertz CT molecular complexity index is 1120. The first-order valence-corrected chi connectivity index (χ1v) is 13.2. The van der Waals surface area contributed by atoms with Gasteiger partial charge in [0.1, 0.15) is 6.29 Å². The molecule has 1 fully saturated rings. The van der Waals surface area contributed by atoms with Gasteiger partial charge >= 0.3 is 11.7 Å². The van der Waals surface area contributed by atoms with Crippen LogP contribution in [0.25, 0.3) is 11.2 Å². The molecule has 3 rings (SSSR count). The molecule has 1 amide bonds. The summed E-state index contributed by atoms with van der Waals surface area (Å²) >= 11 is 4.64. The third kappa shape index (κ3) is 7.54. The highest BCUT2D eigenvalue weighted by Gasteiger charge is 2.35. The molecule has 0 radical (unpaired) electrons. The molecule has 0 aliphatic carbocycles. The van der Waals surface area contributed by atoms with Crippen LogP contribution in [-0.4, -0.2) is 76.1 Å². The van der Waals surface area contributed by atoms with E-state index >= 15 is 0 Å². The maximum absolute atomic E-state index is 12.9. The molecule has 0 saturated carbocycles. The minimum absolute atomic E-state index is 0.0255. The maximum atomic E-state index is 12.9. The predicted molar refractivity (Wildman–Crippen MR) is 142 cm³/mol. The van der Waals surface area contributed by atoms with E-state index < -0.39 is 11.6 Å². The zero-order valence-electron chi connectivity index (χ0n) is 22.0. The number of nitrogens with zero attached hydrogens (tertiary/aromatic N) is 4. The number of halogens is 1. The highest BCUT2D eigenvalue weighted by molar-refractivity contribution is 6.15. The number of anilines is 1. The molecule has 1 aliphatic rings. The van der Waals surface area contributed by atoms with Crippen LogP contribution in [0.3, 0.4) is 0 Å². The number of hydrogen-bond acceptors (Lipinski definition) is 8. The normalized spacial score (nSPS) is 15.5. The molecule has 12 heteroatoms. The monoisotopic (exact) mass is 539 g/mol. The fourth-order valence-electron chi connectivity index (χ4n) is 4.36. The van der Waals surface area contributed by atoms with E-state index in [0.29, 0.717) is 50.0 Å². The molecule has 1 saturated heterocycles. The first-order chi connectivity index (χ1) is 17.7. The van der Waals surface area contributed by atoms with Crippen LogP contribution < -0.4 is 15.9 Å². The Kier molecular flexibility index (Phi) is 11.6. The van der Waals surface area contributed by atoms with Crippen molar-refractivity contribution in [3.05, 3.63) is 22.7 Å². The number of carbonyl (C=O) groups excluding carboxylic acids is 3. The molecule has 0 aromatic carbocycles. The highest BCUT2D eigenvalue weighted by atomic mass is 35.5. The van der Waals surface area contributed by atoms with Gasteiger partial charge in [-0.25, -0.2) is 9.78 Å². The quantitative estimate of drug-likeness (QED) is 0.191. The third-order valence-electron chi connectivity index (χ3n) is 6.64. The molecular formula is C25H38ClN5O6. The van der Waals surface area contributed by atoms with Gasteiger partial charge < -0.3 is 24.9 Å². The van der Waals surface area contributed by atoms with Crippen molar-refractivity contribution in [2.75, 3.05) is 38.0 Å². The lowest BCUT2D eigenvalue weighted by Crippen LogP contribution is -2.45. The van der Waals surface area contributed by atoms with Gasteiger partial charge in [0.15, 0.2) is 5.65 Å². The molecule has 2 aromatic heterocycles. The van der Waals surface area contributed by atoms with E-state index in [1.165, 1.54) is 22.6 Å². The van der Waals surface area contributed by atoms with Gasteiger partial charge in [0.25, 0.3) is 0 Å². The Morgan fingerprint density at radius 3 is 2.59 bits per heavy atom. The van der Waals surface area contributed by atoms with Gasteiger partial charge in [0.2, 0.25) is 5.91 Å². The van der Waals surface area contributed by atoms with E-state index in [1.807, 2.05) is 17.9 Å². The number of aryl methyl sites for hydroxylation is 1. The molecule has 1 atom stereocenters. The summed E-state index contributed by atoms with van der Waals surface area (Å²) < 4.78 is 7.96. The van der Waals surface area contributed by atoms with Crippen LogP contribution in [0.5, 0.6) is 0 Å². The Balaban J connectivity index is 0.00000235. The van der Waals surface area contributed by atoms with Crippen LogP contribution in [0.4, 0.5) is 5.69 Å². The second-order valence-electron chi connectivity index (χ2n) is 9.13. The highest BCUT2D eigenvalue weighted by Crippen LogP contribution is 2.30. The van der Waals surface area contributed by atoms with Gasteiger partial charge in [0, 0.05) is 40.0 Å². The number of piperidine rings is 1. The van der Waals surface area contributed by atoms with Crippen LogP contribution in [0.15, 0.2) is 17.1 Å². The summed E-state index contributed by atoms with van der Waals surface area (Å²) in [5.74, 6) is -0.588. The molecular weight excluding hydrogens is 502 g/mol. The summed E-state index contributed by atoms with van der Waals surface area (Å²) in [6.07, 6.45) is 6.61. The van der Waals surface area contributed by atoms with E-state index in [4.69, 9.17) is 4.74 Å². The number of esters is 1. The molecule has 37 heavy (non-hydrogen) atoms. The fourth-order valence-corrected chi connectivity index (χ4v) is 4.36. The smallest absolute Gasteiger partial charge is 0.330 e. The number of carbonyl (C=O) groups is 3. The Labute approximate surface area is 221 Å². The lowest BCUT2D eigenvalue weighted by atomic mass is 9.88. The number of aromatic nitrogens is 3. The van der Waals surface area contributed by atoms with E-state index in [2.05, 4.69) is 21.9 Å². The van der Waals surface area contributed by atoms with Crippen molar-refractivity contribution >= 4 is 46.6 Å². The zero-order valence-corrected chi connectivity index (χ0v) is 22.8. The maximum Gasteiger partial charge on any atom is 0.330 e. The average Bonchev–Trinajstić information content (AvgIpc) is 3.15. The molecule has 1 aliphatic heterocycles. The van der Waals surface area contributed by atoms with Crippen molar-refractivity contribution in [3.8, 4) is 0 Å². The van der Waals surface area contributed by atoms with Gasteiger partial charge in [-0.3, -0.25) is 18.7 Å². The summed E-state index contributed by atoms with van der Waals surface area (Å²) in [4.78, 5) is 54.9. The van der Waals surface area contributed by atoms with Gasteiger partial charge in [-0.15, -0.1) is 11.6 Å². The van der Waals surface area contributed by atoms with Crippen LogP contribution in [-0.2, 0) is 26.2 Å². The first-order valence-electron chi connectivity index (χ1n) is 12.5. The van der Waals surface area contributed by atoms with Crippen molar-refractivity contribution in [3.63, 3.8) is 0 Å². The first kappa shape index (κ1) is 30.3. The van der Waals surface area contributed by atoms with Crippen LogP contribution in [0.2, 0.25) is 0 Å². The predicted octanol–water partition coefficient (Wildman–Crippen LogP) is 1.92. The van der Waals surface area contributed by atoms with Crippen molar-refractivity contribution in [2.45, 2.75) is 63.5 Å². The second-order valence-corrected chi connectivity index (χ2v) is 9.13. The Morgan fingerprint density at radius 1 is 1.32 bits per heavy atom. The topological polar surface area (TPSA) is 136 Å². The van der Waals surface area contributed by atoms with Crippen molar-refractivity contribution in [2.24, 2.45) is 7.05 Å². The van der Waals surface area contributed by atoms with Crippen LogP contribution in [0, 0.1) is 0 Å². The van der Waals surface area contributed by atoms with E-state index in [9.17, 15) is 24.3 Å². The van der Waals surface area contributed by atoms with Gasteiger partial charge in [-0.1, -0.05) is 13.3 Å². The summed E-state index contributed by atoms with van der Waals surface area (Å²) in [5, 5.41) is 13.4. The van der Waals surface area contributed by atoms with Gasteiger partial charge in [-0.2, -0.15) is 0 Å². The van der Waals surface area contributed by atoms with E-state index in [1.54, 1.807) is 13.2 Å². The number of aliphatic hydroxyl groups is 1. The molecule has 2 aromatic rings. The van der Waals surface area contributed by atoms with Crippen LogP contribution >= 0.6 is 11.6 Å². The molecule has 0 bridgehead atoms. The number of rotatable bonds is 11. The van der Waals surface area contributed by atoms with E-state index in [-0.39, 0.29) is 36.8 Å². The Hall–Kier alpha value is -2.92. The largest absolute Gasteiger partial charge is 0.466 e. The number of fused-ring (bicyclic) bond motifs is 1. The molecule has 206 valence electrons. The number of nitrogens with one attached hydrogen (secondary N) is 1. The summed E-state index contributed by atoms with van der Waals surface area (Å²) in [5.41, 5.74) is 0.243.